The maximum Gasteiger partial charge on any atom is 0.250 e. The molecule has 0 aromatic carbocycles. The number of aromatic nitrogens is 1. The number of pyridine rings is 1. The molecule has 1 atom stereocenters. The van der Waals surface area contributed by atoms with Crippen LogP contribution in [0.4, 0.5) is 5.69 Å². The summed E-state index contributed by atoms with van der Waals surface area (Å²) in [5, 5.41) is 0. The Morgan fingerprint density at radius 1 is 1.53 bits per heavy atom. The lowest BCUT2D eigenvalue weighted by Gasteiger charge is -2.09. The van der Waals surface area contributed by atoms with Gasteiger partial charge in [0, 0.05) is 37.7 Å². The third-order valence-electron chi connectivity index (χ3n) is 2.81. The Balaban J connectivity index is 1.97. The van der Waals surface area contributed by atoms with Gasteiger partial charge in [-0.05, 0) is 24.8 Å². The molecule has 15 heavy (non-hydrogen) atoms. The minimum absolute atomic E-state index is 0.0168. The molecule has 0 radical (unpaired) electrons. The molecule has 0 saturated carbocycles. The van der Waals surface area contributed by atoms with Gasteiger partial charge >= 0.3 is 0 Å². The number of ether oxygens (including phenoxy) is 1. The van der Waals surface area contributed by atoms with Crippen LogP contribution in [0.25, 0.3) is 0 Å². The summed E-state index contributed by atoms with van der Waals surface area (Å²) in [4.78, 5) is 11.5. The summed E-state index contributed by atoms with van der Waals surface area (Å²) in [5.74, 6) is 0.596. The first-order chi connectivity index (χ1) is 7.25. The van der Waals surface area contributed by atoms with E-state index < -0.39 is 0 Å². The Hall–Kier alpha value is -1.29. The van der Waals surface area contributed by atoms with Gasteiger partial charge in [-0.2, -0.15) is 0 Å². The molecule has 4 nitrogen and oxygen atoms in total. The van der Waals surface area contributed by atoms with Gasteiger partial charge in [-0.15, -0.1) is 0 Å². The highest BCUT2D eigenvalue weighted by atomic mass is 16.5. The number of hydrogen-bond donors (Lipinski definition) is 1. The first kappa shape index (κ1) is 10.2. The van der Waals surface area contributed by atoms with Crippen LogP contribution in [-0.4, -0.2) is 17.8 Å². The van der Waals surface area contributed by atoms with Gasteiger partial charge in [-0.3, -0.25) is 4.79 Å². The second kappa shape index (κ2) is 4.49. The molecule has 1 unspecified atom stereocenters. The number of nitrogens with two attached hydrogens (primary N) is 1. The van der Waals surface area contributed by atoms with Gasteiger partial charge in [0.2, 0.25) is 0 Å². The van der Waals surface area contributed by atoms with E-state index in [1.807, 2.05) is 0 Å². The lowest BCUT2D eigenvalue weighted by molar-refractivity contribution is 0.183. The number of rotatable bonds is 3. The predicted octanol–water partition coefficient (Wildman–Crippen LogP) is 0.857. The molecule has 1 aliphatic rings. The molecule has 2 N–H and O–H groups in total. The van der Waals surface area contributed by atoms with E-state index in [2.05, 4.69) is 0 Å². The summed E-state index contributed by atoms with van der Waals surface area (Å²) in [5.41, 5.74) is 6.28. The number of hydrogen-bond acceptors (Lipinski definition) is 3. The van der Waals surface area contributed by atoms with Crippen molar-refractivity contribution in [3.63, 3.8) is 0 Å². The van der Waals surface area contributed by atoms with E-state index in [1.54, 1.807) is 16.8 Å². The molecule has 1 aliphatic heterocycles. The van der Waals surface area contributed by atoms with E-state index in [4.69, 9.17) is 10.5 Å². The highest BCUT2D eigenvalue weighted by Gasteiger charge is 2.15. The number of anilines is 1. The van der Waals surface area contributed by atoms with E-state index in [0.717, 1.165) is 32.6 Å². The van der Waals surface area contributed by atoms with Crippen LogP contribution in [0.3, 0.4) is 0 Å². The van der Waals surface area contributed by atoms with Crippen LogP contribution in [0.1, 0.15) is 12.8 Å². The van der Waals surface area contributed by atoms with Gasteiger partial charge in [0.25, 0.3) is 5.56 Å². The lowest BCUT2D eigenvalue weighted by atomic mass is 10.1. The van der Waals surface area contributed by atoms with Crippen LogP contribution in [-0.2, 0) is 11.3 Å². The zero-order valence-electron chi connectivity index (χ0n) is 8.69. The highest BCUT2D eigenvalue weighted by molar-refractivity contribution is 5.33. The Morgan fingerprint density at radius 2 is 2.40 bits per heavy atom. The first-order valence-corrected chi connectivity index (χ1v) is 5.29. The van der Waals surface area contributed by atoms with Crippen molar-refractivity contribution in [2.45, 2.75) is 19.4 Å². The SMILES string of the molecule is Nc1ccc(=O)n(CCC2CCOC2)c1. The summed E-state index contributed by atoms with van der Waals surface area (Å²) in [7, 11) is 0. The van der Waals surface area contributed by atoms with Gasteiger partial charge in [0.05, 0.1) is 0 Å². The third-order valence-corrected chi connectivity index (χ3v) is 2.81. The Kier molecular flexibility index (Phi) is 3.06. The van der Waals surface area contributed by atoms with Crippen LogP contribution >= 0.6 is 0 Å². The fourth-order valence-corrected chi connectivity index (χ4v) is 1.86. The van der Waals surface area contributed by atoms with E-state index in [1.165, 1.54) is 6.07 Å². The Labute approximate surface area is 88.7 Å². The smallest absolute Gasteiger partial charge is 0.250 e. The molecule has 1 saturated heterocycles. The average molecular weight is 208 g/mol. The number of nitrogen functional groups attached to an aromatic ring is 1. The van der Waals surface area contributed by atoms with Crippen molar-refractivity contribution in [2.24, 2.45) is 5.92 Å². The first-order valence-electron chi connectivity index (χ1n) is 5.29. The molecule has 1 aromatic heterocycles. The average Bonchev–Trinajstić information content (AvgIpc) is 2.72. The molecule has 82 valence electrons. The van der Waals surface area contributed by atoms with Gasteiger partial charge in [-0.1, -0.05) is 0 Å². The van der Waals surface area contributed by atoms with Crippen molar-refractivity contribution >= 4 is 5.69 Å². The fourth-order valence-electron chi connectivity index (χ4n) is 1.86. The number of aryl methyl sites for hydroxylation is 1. The largest absolute Gasteiger partial charge is 0.398 e. The summed E-state index contributed by atoms with van der Waals surface area (Å²) < 4.78 is 6.96. The topological polar surface area (TPSA) is 57.2 Å². The van der Waals surface area contributed by atoms with Crippen molar-refractivity contribution in [3.8, 4) is 0 Å². The van der Waals surface area contributed by atoms with Crippen LogP contribution in [0, 0.1) is 5.92 Å². The minimum atomic E-state index is 0.0168. The molecule has 1 fully saturated rings. The van der Waals surface area contributed by atoms with Gasteiger partial charge in [0.15, 0.2) is 0 Å². The molecule has 0 spiro atoms. The summed E-state index contributed by atoms with van der Waals surface area (Å²) in [6.45, 7) is 2.42. The molecule has 2 rings (SSSR count). The van der Waals surface area contributed by atoms with Crippen molar-refractivity contribution in [2.75, 3.05) is 18.9 Å². The van der Waals surface area contributed by atoms with Crippen LogP contribution in [0.5, 0.6) is 0 Å². The molecular formula is C11H16N2O2. The maximum absolute atomic E-state index is 11.5. The normalized spacial score (nSPS) is 20.7. The van der Waals surface area contributed by atoms with Gasteiger partial charge in [-0.25, -0.2) is 0 Å². The monoisotopic (exact) mass is 208 g/mol. The number of nitrogens with zero attached hydrogens (tertiary/aromatic N) is 1. The fraction of sp³-hybridized carbons (Fsp3) is 0.545. The Morgan fingerprint density at radius 3 is 3.13 bits per heavy atom. The molecule has 0 bridgehead atoms. The third kappa shape index (κ3) is 2.59. The molecule has 1 aromatic rings. The van der Waals surface area contributed by atoms with Crippen molar-refractivity contribution in [1.82, 2.24) is 4.57 Å². The van der Waals surface area contributed by atoms with E-state index >= 15 is 0 Å². The summed E-state index contributed by atoms with van der Waals surface area (Å²) >= 11 is 0. The van der Waals surface area contributed by atoms with E-state index in [-0.39, 0.29) is 5.56 Å². The summed E-state index contributed by atoms with van der Waals surface area (Å²) in [6, 6.07) is 3.15. The van der Waals surface area contributed by atoms with E-state index in [9.17, 15) is 4.79 Å². The van der Waals surface area contributed by atoms with Crippen molar-refractivity contribution in [1.29, 1.82) is 0 Å². The van der Waals surface area contributed by atoms with Gasteiger partial charge < -0.3 is 15.0 Å². The van der Waals surface area contributed by atoms with Crippen molar-refractivity contribution in [3.05, 3.63) is 28.7 Å². The maximum atomic E-state index is 11.5. The minimum Gasteiger partial charge on any atom is -0.398 e. The Bertz CT molecular complexity index is 380. The standard InChI is InChI=1S/C11H16N2O2/c12-10-1-2-11(14)13(7-10)5-3-9-4-6-15-8-9/h1-2,7,9H,3-6,8,12H2. The lowest BCUT2D eigenvalue weighted by Crippen LogP contribution is -2.20. The molecule has 0 amide bonds. The predicted molar refractivity (Wildman–Crippen MR) is 58.7 cm³/mol. The van der Waals surface area contributed by atoms with Crippen LogP contribution in [0.15, 0.2) is 23.1 Å². The zero-order valence-corrected chi connectivity index (χ0v) is 8.69. The molecule has 0 aliphatic carbocycles. The second-order valence-corrected chi connectivity index (χ2v) is 4.01. The molecular weight excluding hydrogens is 192 g/mol. The molecule has 2 heterocycles. The van der Waals surface area contributed by atoms with Crippen LogP contribution < -0.4 is 11.3 Å². The van der Waals surface area contributed by atoms with Crippen molar-refractivity contribution < 1.29 is 4.74 Å². The highest BCUT2D eigenvalue weighted by Crippen LogP contribution is 2.16. The van der Waals surface area contributed by atoms with Crippen LogP contribution in [0.2, 0.25) is 0 Å². The second-order valence-electron chi connectivity index (χ2n) is 4.01. The summed E-state index contributed by atoms with van der Waals surface area (Å²) in [6.07, 6.45) is 3.80. The zero-order chi connectivity index (χ0) is 10.7. The quantitative estimate of drug-likeness (QED) is 0.801. The van der Waals surface area contributed by atoms with E-state index in [0.29, 0.717) is 11.6 Å². The molecule has 4 heteroatoms. The van der Waals surface area contributed by atoms with Gasteiger partial charge in [0.1, 0.15) is 0 Å².